The minimum Gasteiger partial charge on any atom is -0.460 e. The minimum absolute atomic E-state index is 0.0307. The number of esters is 1. The number of alkyl carbamates (subject to hydrolysis) is 1. The number of ether oxygens (including phenoxy) is 2. The number of hydrogen-bond acceptors (Lipinski definition) is 7. The van der Waals surface area contributed by atoms with E-state index in [0.29, 0.717) is 17.7 Å². The summed E-state index contributed by atoms with van der Waals surface area (Å²) >= 11 is 0. The highest BCUT2D eigenvalue weighted by molar-refractivity contribution is 5.96. The summed E-state index contributed by atoms with van der Waals surface area (Å²) < 4.78 is 15.5. The van der Waals surface area contributed by atoms with Crippen molar-refractivity contribution in [2.45, 2.75) is 27.3 Å². The number of nitrogens with one attached hydrogen (secondary N) is 1. The van der Waals surface area contributed by atoms with Gasteiger partial charge in [-0.25, -0.2) is 9.59 Å². The van der Waals surface area contributed by atoms with E-state index in [4.69, 9.17) is 13.9 Å². The maximum atomic E-state index is 12.3. The zero-order valence-electron chi connectivity index (χ0n) is 15.7. The van der Waals surface area contributed by atoms with Gasteiger partial charge in [0.05, 0.1) is 19.8 Å². The molecule has 0 atom stereocenters. The number of furan rings is 1. The van der Waals surface area contributed by atoms with Gasteiger partial charge in [0.1, 0.15) is 5.58 Å². The quantitative estimate of drug-likeness (QED) is 0.707. The summed E-state index contributed by atoms with van der Waals surface area (Å²) in [6, 6.07) is 7.28. The van der Waals surface area contributed by atoms with Gasteiger partial charge in [-0.2, -0.15) is 0 Å². The van der Waals surface area contributed by atoms with Crippen molar-refractivity contribution >= 4 is 28.9 Å². The van der Waals surface area contributed by atoms with E-state index in [9.17, 15) is 14.4 Å². The van der Waals surface area contributed by atoms with Crippen LogP contribution in [0.3, 0.4) is 0 Å². The number of rotatable bonds is 8. The Morgan fingerprint density at radius 3 is 2.44 bits per heavy atom. The Morgan fingerprint density at radius 1 is 1.07 bits per heavy atom. The van der Waals surface area contributed by atoms with Crippen molar-refractivity contribution in [3.05, 3.63) is 35.6 Å². The lowest BCUT2D eigenvalue weighted by Gasteiger charge is -2.19. The van der Waals surface area contributed by atoms with E-state index in [-0.39, 0.29) is 32.1 Å². The third kappa shape index (κ3) is 5.30. The Hall–Kier alpha value is -2.87. The summed E-state index contributed by atoms with van der Waals surface area (Å²) in [7, 11) is 0. The number of likely N-dealkylation sites (N-methyl/N-ethyl adjacent to an activating group) is 1. The van der Waals surface area contributed by atoms with Gasteiger partial charge >= 0.3 is 12.1 Å². The van der Waals surface area contributed by atoms with E-state index in [1.807, 2.05) is 25.1 Å². The fourth-order valence-electron chi connectivity index (χ4n) is 2.64. The summed E-state index contributed by atoms with van der Waals surface area (Å²) in [5, 5.41) is 2.95. The molecular weight excluding hydrogens is 352 g/mol. The highest BCUT2D eigenvalue weighted by atomic mass is 16.6. The lowest BCUT2D eigenvalue weighted by atomic mass is 10.1. The summed E-state index contributed by atoms with van der Waals surface area (Å²) in [4.78, 5) is 37.5. The molecule has 1 aromatic heterocycles. The first-order chi connectivity index (χ1) is 13.0. The molecule has 2 rings (SSSR count). The second-order valence-electron chi connectivity index (χ2n) is 5.70. The molecule has 1 aromatic carbocycles. The van der Waals surface area contributed by atoms with Gasteiger partial charge in [0.25, 0.3) is 0 Å². The molecule has 0 saturated carbocycles. The standard InChI is InChI=1S/C19H24N2O6/c1-4-21(12-16(22)20-19(24)26-6-3)11-14-13-9-7-8-10-15(13)27-17(14)18(23)25-5-2/h7-10H,4-6,11-12H2,1-3H3,(H,20,22,24). The van der Waals surface area contributed by atoms with E-state index in [1.165, 1.54) is 0 Å². The Bertz CT molecular complexity index is 814. The maximum absolute atomic E-state index is 12.3. The van der Waals surface area contributed by atoms with Crippen molar-refractivity contribution < 1.29 is 28.3 Å². The van der Waals surface area contributed by atoms with Gasteiger partial charge in [-0.15, -0.1) is 0 Å². The van der Waals surface area contributed by atoms with E-state index < -0.39 is 18.0 Å². The molecule has 1 N–H and O–H groups in total. The fraction of sp³-hybridized carbons (Fsp3) is 0.421. The largest absolute Gasteiger partial charge is 0.460 e. The summed E-state index contributed by atoms with van der Waals surface area (Å²) in [5.74, 6) is -0.904. The molecule has 8 nitrogen and oxygen atoms in total. The first-order valence-corrected chi connectivity index (χ1v) is 8.86. The van der Waals surface area contributed by atoms with Crippen LogP contribution < -0.4 is 5.32 Å². The summed E-state index contributed by atoms with van der Waals surface area (Å²) in [6.07, 6.45) is -0.778. The number of nitrogens with zero attached hydrogens (tertiary/aromatic N) is 1. The molecule has 2 amide bonds. The highest BCUT2D eigenvalue weighted by Gasteiger charge is 2.24. The van der Waals surface area contributed by atoms with Crippen LogP contribution in [0.4, 0.5) is 4.79 Å². The van der Waals surface area contributed by atoms with Crippen LogP contribution in [0.5, 0.6) is 0 Å². The molecule has 0 fully saturated rings. The van der Waals surface area contributed by atoms with Gasteiger partial charge in [0.2, 0.25) is 11.7 Å². The normalized spacial score (nSPS) is 10.8. The van der Waals surface area contributed by atoms with Crippen molar-refractivity contribution in [3.8, 4) is 0 Å². The average Bonchev–Trinajstić information content (AvgIpc) is 3.00. The van der Waals surface area contributed by atoms with Gasteiger partial charge < -0.3 is 13.9 Å². The van der Waals surface area contributed by atoms with E-state index >= 15 is 0 Å². The van der Waals surface area contributed by atoms with Crippen molar-refractivity contribution in [2.75, 3.05) is 26.3 Å². The molecule has 0 saturated heterocycles. The number of benzene rings is 1. The number of para-hydroxylation sites is 1. The number of fused-ring (bicyclic) bond motifs is 1. The molecule has 0 spiro atoms. The van der Waals surface area contributed by atoms with Crippen molar-refractivity contribution in [3.63, 3.8) is 0 Å². The van der Waals surface area contributed by atoms with Gasteiger partial charge in [0, 0.05) is 17.5 Å². The molecule has 0 aliphatic carbocycles. The molecule has 27 heavy (non-hydrogen) atoms. The Balaban J connectivity index is 2.21. The molecule has 1 heterocycles. The van der Waals surface area contributed by atoms with E-state index in [1.54, 1.807) is 24.8 Å². The molecule has 0 aliphatic heterocycles. The molecule has 2 aromatic rings. The number of imide groups is 1. The van der Waals surface area contributed by atoms with Gasteiger partial charge in [-0.1, -0.05) is 25.1 Å². The lowest BCUT2D eigenvalue weighted by Crippen LogP contribution is -2.40. The van der Waals surface area contributed by atoms with Crippen LogP contribution in [0.1, 0.15) is 36.9 Å². The minimum atomic E-state index is -0.778. The second kappa shape index (κ2) is 9.72. The van der Waals surface area contributed by atoms with Crippen LogP contribution in [0.25, 0.3) is 11.0 Å². The molecule has 0 bridgehead atoms. The van der Waals surface area contributed by atoms with Crippen LogP contribution in [0, 0.1) is 0 Å². The third-order valence-corrected chi connectivity index (χ3v) is 3.87. The van der Waals surface area contributed by atoms with Gasteiger partial charge in [-0.3, -0.25) is 15.0 Å². The maximum Gasteiger partial charge on any atom is 0.413 e. The Labute approximate surface area is 157 Å². The SMILES string of the molecule is CCOC(=O)NC(=O)CN(CC)Cc1c(C(=O)OCC)oc2ccccc12. The van der Waals surface area contributed by atoms with Crippen LogP contribution in [0.2, 0.25) is 0 Å². The zero-order chi connectivity index (χ0) is 19.8. The molecule has 0 radical (unpaired) electrons. The van der Waals surface area contributed by atoms with Crippen LogP contribution in [-0.4, -0.2) is 49.2 Å². The van der Waals surface area contributed by atoms with E-state index in [0.717, 1.165) is 5.39 Å². The number of carbonyl (C=O) groups excluding carboxylic acids is 3. The van der Waals surface area contributed by atoms with Crippen molar-refractivity contribution in [1.29, 1.82) is 0 Å². The highest BCUT2D eigenvalue weighted by Crippen LogP contribution is 2.27. The zero-order valence-corrected chi connectivity index (χ0v) is 15.7. The van der Waals surface area contributed by atoms with Crippen molar-refractivity contribution in [2.24, 2.45) is 0 Å². The summed E-state index contributed by atoms with van der Waals surface area (Å²) in [6.45, 7) is 6.45. The fourth-order valence-corrected chi connectivity index (χ4v) is 2.64. The van der Waals surface area contributed by atoms with Crippen LogP contribution in [0.15, 0.2) is 28.7 Å². The lowest BCUT2D eigenvalue weighted by molar-refractivity contribution is -0.121. The Morgan fingerprint density at radius 2 is 1.78 bits per heavy atom. The number of hydrogen-bond donors (Lipinski definition) is 1. The predicted octanol–water partition coefficient (Wildman–Crippen LogP) is 2.70. The molecule has 8 heteroatoms. The van der Waals surface area contributed by atoms with Gasteiger partial charge in [0.15, 0.2) is 0 Å². The first kappa shape index (κ1) is 20.4. The third-order valence-electron chi connectivity index (χ3n) is 3.87. The second-order valence-corrected chi connectivity index (χ2v) is 5.70. The van der Waals surface area contributed by atoms with Gasteiger partial charge in [-0.05, 0) is 26.5 Å². The predicted molar refractivity (Wildman–Crippen MR) is 98.3 cm³/mol. The number of amides is 2. The van der Waals surface area contributed by atoms with E-state index in [2.05, 4.69) is 5.32 Å². The molecular formula is C19H24N2O6. The molecule has 146 valence electrons. The molecule has 0 aliphatic rings. The average molecular weight is 376 g/mol. The first-order valence-electron chi connectivity index (χ1n) is 8.86. The smallest absolute Gasteiger partial charge is 0.413 e. The van der Waals surface area contributed by atoms with Crippen LogP contribution >= 0.6 is 0 Å². The number of carbonyl (C=O) groups is 3. The van der Waals surface area contributed by atoms with Crippen LogP contribution in [-0.2, 0) is 20.8 Å². The Kier molecular flexibility index (Phi) is 7.36. The molecule has 0 unspecified atom stereocenters. The topological polar surface area (TPSA) is 98.1 Å². The summed E-state index contributed by atoms with van der Waals surface area (Å²) in [5.41, 5.74) is 1.22. The monoisotopic (exact) mass is 376 g/mol. The van der Waals surface area contributed by atoms with Crippen molar-refractivity contribution in [1.82, 2.24) is 10.2 Å².